The maximum absolute atomic E-state index is 12.7. The summed E-state index contributed by atoms with van der Waals surface area (Å²) in [6.07, 6.45) is 2.15. The molecule has 2 aromatic rings. The Bertz CT molecular complexity index is 729. The maximum Gasteiger partial charge on any atom is 0.289 e. The maximum atomic E-state index is 12.7. The number of rotatable bonds is 5. The van der Waals surface area contributed by atoms with E-state index in [-0.39, 0.29) is 5.91 Å². The number of amides is 1. The molecule has 1 aliphatic heterocycles. The van der Waals surface area contributed by atoms with Crippen molar-refractivity contribution < 1.29 is 13.9 Å². The van der Waals surface area contributed by atoms with Gasteiger partial charge in [0.15, 0.2) is 5.76 Å². The molecular formula is C19H23BrN2O3. The summed E-state index contributed by atoms with van der Waals surface area (Å²) in [6, 6.07) is 11.6. The molecule has 5 nitrogen and oxygen atoms in total. The van der Waals surface area contributed by atoms with E-state index < -0.39 is 0 Å². The van der Waals surface area contributed by atoms with Crippen LogP contribution in [-0.2, 0) is 6.61 Å². The van der Waals surface area contributed by atoms with Gasteiger partial charge in [0, 0.05) is 23.6 Å². The first-order valence-electron chi connectivity index (χ1n) is 8.45. The van der Waals surface area contributed by atoms with Crippen LogP contribution in [-0.4, -0.2) is 48.9 Å². The van der Waals surface area contributed by atoms with Crippen LogP contribution in [0.5, 0.6) is 5.75 Å². The third kappa shape index (κ3) is 4.64. The molecule has 1 fully saturated rings. The average molecular weight is 407 g/mol. The lowest BCUT2D eigenvalue weighted by Gasteiger charge is -2.35. The highest BCUT2D eigenvalue weighted by Gasteiger charge is 2.27. The van der Waals surface area contributed by atoms with Gasteiger partial charge in [-0.2, -0.15) is 0 Å². The number of furan rings is 1. The average Bonchev–Trinajstić information content (AvgIpc) is 3.08. The van der Waals surface area contributed by atoms with Gasteiger partial charge in [-0.1, -0.05) is 22.0 Å². The van der Waals surface area contributed by atoms with Crippen LogP contribution in [0.3, 0.4) is 0 Å². The van der Waals surface area contributed by atoms with Crippen molar-refractivity contribution in [3.05, 3.63) is 52.4 Å². The first-order chi connectivity index (χ1) is 12.0. The van der Waals surface area contributed by atoms with Crippen molar-refractivity contribution in [3.63, 3.8) is 0 Å². The Hall–Kier alpha value is -1.79. The topological polar surface area (TPSA) is 45.9 Å². The normalized spacial score (nSPS) is 17.8. The highest BCUT2D eigenvalue weighted by molar-refractivity contribution is 9.10. The summed E-state index contributed by atoms with van der Waals surface area (Å²) in [5.74, 6) is 1.74. The van der Waals surface area contributed by atoms with Crippen LogP contribution in [0.15, 0.2) is 45.3 Å². The van der Waals surface area contributed by atoms with E-state index in [1.165, 1.54) is 0 Å². The second-order valence-electron chi connectivity index (χ2n) is 6.52. The number of carbonyl (C=O) groups excluding carboxylic acids is 1. The summed E-state index contributed by atoms with van der Waals surface area (Å²) < 4.78 is 12.4. The Morgan fingerprint density at radius 2 is 2.20 bits per heavy atom. The molecule has 3 rings (SSSR count). The zero-order valence-corrected chi connectivity index (χ0v) is 16.2. The lowest BCUT2D eigenvalue weighted by atomic mass is 10.0. The zero-order valence-electron chi connectivity index (χ0n) is 14.6. The number of nitrogens with zero attached hydrogens (tertiary/aromatic N) is 2. The molecule has 2 heterocycles. The number of ether oxygens (including phenoxy) is 1. The van der Waals surface area contributed by atoms with Gasteiger partial charge in [0.05, 0.1) is 0 Å². The molecule has 0 saturated carbocycles. The third-order valence-electron chi connectivity index (χ3n) is 4.46. The summed E-state index contributed by atoms with van der Waals surface area (Å²) in [6.45, 7) is 1.83. The van der Waals surface area contributed by atoms with Crippen molar-refractivity contribution in [1.82, 2.24) is 9.80 Å². The summed E-state index contributed by atoms with van der Waals surface area (Å²) in [5.41, 5.74) is 0. The van der Waals surface area contributed by atoms with E-state index in [1.54, 1.807) is 12.1 Å². The molecule has 0 aliphatic carbocycles. The van der Waals surface area contributed by atoms with Crippen molar-refractivity contribution >= 4 is 21.8 Å². The van der Waals surface area contributed by atoms with Gasteiger partial charge in [0.25, 0.3) is 5.91 Å². The molecule has 1 unspecified atom stereocenters. The van der Waals surface area contributed by atoms with Gasteiger partial charge in [-0.25, -0.2) is 0 Å². The summed E-state index contributed by atoms with van der Waals surface area (Å²) in [5, 5.41) is 0. The SMILES string of the molecule is CN(C)C1CCCN(C(=O)c2ccc(COc3cccc(Br)c3)o2)C1. The van der Waals surface area contributed by atoms with Crippen molar-refractivity contribution in [2.24, 2.45) is 0 Å². The predicted octanol–water partition coefficient (Wildman–Crippen LogP) is 3.79. The number of benzene rings is 1. The zero-order chi connectivity index (χ0) is 17.8. The van der Waals surface area contributed by atoms with E-state index in [2.05, 4.69) is 34.9 Å². The van der Waals surface area contributed by atoms with Crippen molar-refractivity contribution in [2.45, 2.75) is 25.5 Å². The molecule has 1 amide bonds. The Kier molecular flexibility index (Phi) is 5.81. The van der Waals surface area contributed by atoms with Crippen LogP contribution in [0.2, 0.25) is 0 Å². The number of hydrogen-bond donors (Lipinski definition) is 0. The van der Waals surface area contributed by atoms with E-state index in [0.29, 0.717) is 24.2 Å². The van der Waals surface area contributed by atoms with Gasteiger partial charge in [0.1, 0.15) is 18.1 Å². The Balaban J connectivity index is 1.59. The third-order valence-corrected chi connectivity index (χ3v) is 4.96. The minimum Gasteiger partial charge on any atom is -0.486 e. The minimum absolute atomic E-state index is 0.0414. The van der Waals surface area contributed by atoms with Crippen molar-refractivity contribution in [3.8, 4) is 5.75 Å². The fourth-order valence-electron chi connectivity index (χ4n) is 3.00. The molecule has 25 heavy (non-hydrogen) atoms. The lowest BCUT2D eigenvalue weighted by molar-refractivity contribution is 0.0600. The van der Waals surface area contributed by atoms with Crippen LogP contribution in [0.1, 0.15) is 29.2 Å². The number of halogens is 1. The smallest absolute Gasteiger partial charge is 0.289 e. The van der Waals surface area contributed by atoms with Gasteiger partial charge in [-0.3, -0.25) is 4.79 Å². The number of likely N-dealkylation sites (N-methyl/N-ethyl adjacent to an activating group) is 1. The highest BCUT2D eigenvalue weighted by Crippen LogP contribution is 2.21. The molecule has 0 spiro atoms. The van der Waals surface area contributed by atoms with Gasteiger partial charge >= 0.3 is 0 Å². The highest BCUT2D eigenvalue weighted by atomic mass is 79.9. The fraction of sp³-hybridized carbons (Fsp3) is 0.421. The predicted molar refractivity (Wildman–Crippen MR) is 99.8 cm³/mol. The molecule has 0 radical (unpaired) electrons. The second kappa shape index (κ2) is 8.06. The van der Waals surface area contributed by atoms with Crippen LogP contribution >= 0.6 is 15.9 Å². The van der Waals surface area contributed by atoms with Crippen LogP contribution in [0, 0.1) is 0 Å². The molecule has 1 aromatic heterocycles. The molecule has 1 aliphatic rings. The molecule has 1 aromatic carbocycles. The monoisotopic (exact) mass is 406 g/mol. The molecule has 1 saturated heterocycles. The van der Waals surface area contributed by atoms with Crippen molar-refractivity contribution in [1.29, 1.82) is 0 Å². The second-order valence-corrected chi connectivity index (χ2v) is 7.44. The molecule has 1 atom stereocenters. The minimum atomic E-state index is -0.0414. The fourth-order valence-corrected chi connectivity index (χ4v) is 3.38. The van der Waals surface area contributed by atoms with Crippen LogP contribution in [0.4, 0.5) is 0 Å². The molecule has 6 heteroatoms. The quantitative estimate of drug-likeness (QED) is 0.757. The molecular weight excluding hydrogens is 384 g/mol. The van der Waals surface area contributed by atoms with E-state index in [0.717, 1.165) is 36.2 Å². The van der Waals surface area contributed by atoms with Crippen LogP contribution in [0.25, 0.3) is 0 Å². The van der Waals surface area contributed by atoms with E-state index in [9.17, 15) is 4.79 Å². The molecule has 0 bridgehead atoms. The van der Waals surface area contributed by atoms with Gasteiger partial charge in [-0.15, -0.1) is 0 Å². The van der Waals surface area contributed by atoms with E-state index >= 15 is 0 Å². The Morgan fingerprint density at radius 1 is 1.36 bits per heavy atom. The van der Waals surface area contributed by atoms with E-state index in [4.69, 9.17) is 9.15 Å². The standard InChI is InChI=1S/C19H23BrN2O3/c1-21(2)15-6-4-10-22(12-15)19(23)18-9-8-17(25-18)13-24-16-7-3-5-14(20)11-16/h3,5,7-9,11,15H,4,6,10,12-13H2,1-2H3. The Labute approximate surface area is 156 Å². The number of hydrogen-bond acceptors (Lipinski definition) is 4. The van der Waals surface area contributed by atoms with Gasteiger partial charge in [0.2, 0.25) is 0 Å². The summed E-state index contributed by atoms with van der Waals surface area (Å²) in [4.78, 5) is 16.7. The van der Waals surface area contributed by atoms with Crippen LogP contribution < -0.4 is 4.74 Å². The van der Waals surface area contributed by atoms with Crippen molar-refractivity contribution in [2.75, 3.05) is 27.2 Å². The largest absolute Gasteiger partial charge is 0.486 e. The molecule has 0 N–H and O–H groups in total. The number of piperidine rings is 1. The number of likely N-dealkylation sites (tertiary alicyclic amines) is 1. The molecule has 134 valence electrons. The summed E-state index contributed by atoms with van der Waals surface area (Å²) in [7, 11) is 4.12. The van der Waals surface area contributed by atoms with Gasteiger partial charge in [-0.05, 0) is 57.3 Å². The van der Waals surface area contributed by atoms with Gasteiger partial charge < -0.3 is 19.0 Å². The van der Waals surface area contributed by atoms with E-state index in [1.807, 2.05) is 29.2 Å². The first-order valence-corrected chi connectivity index (χ1v) is 9.25. The lowest BCUT2D eigenvalue weighted by Crippen LogP contribution is -2.47. The first kappa shape index (κ1) is 18.0. The summed E-state index contributed by atoms with van der Waals surface area (Å²) >= 11 is 3.41. The Morgan fingerprint density at radius 3 is 2.96 bits per heavy atom. The number of carbonyl (C=O) groups is 1.